The van der Waals surface area contributed by atoms with Gasteiger partial charge in [0.2, 0.25) is 23.6 Å². The van der Waals surface area contributed by atoms with Gasteiger partial charge in [-0.05, 0) is 44.9 Å². The third kappa shape index (κ3) is 33.5. The fraction of sp³-hybridized carbons (Fsp3) is 0.818. The molecule has 0 aromatic carbocycles. The molecule has 0 bridgehead atoms. The van der Waals surface area contributed by atoms with Gasteiger partial charge in [0.25, 0.3) is 0 Å². The monoisotopic (exact) mass is 934 g/mol. The largest absolute Gasteiger partial charge is 0.669 e. The zero-order valence-corrected chi connectivity index (χ0v) is 39.9. The molecular weight excluding hydrogens is 857 g/mol. The number of hydrogen-bond acceptors (Lipinski definition) is 9. The first-order chi connectivity index (χ1) is 28.8. The molecule has 1 unspecified atom stereocenters. The molecule has 1 fully saturated rings. The SMILES string of the molecule is C[C@@H]([NH-])C(=O)C[C@@H](CO)C(N)=O.[C-]#[N+][C@@H]1CCCN1C(=O)C(N)CCC(=O)NCCCCCCCCCC(=O)CCCCCCCCCCC(=O)NCCCC[C@H]([NH])[C-]=O.[Y]. The first-order valence-corrected chi connectivity index (χ1v) is 22.5. The molecule has 0 aromatic rings. The number of primary amides is 1. The van der Waals surface area contributed by atoms with Crippen molar-refractivity contribution in [3.63, 3.8) is 0 Å². The summed E-state index contributed by atoms with van der Waals surface area (Å²) in [5.41, 5.74) is 25.2. The van der Waals surface area contributed by atoms with Gasteiger partial charge in [-0.15, -0.1) is 0 Å². The minimum atomic E-state index is -0.863. The van der Waals surface area contributed by atoms with Gasteiger partial charge in [-0.2, -0.15) is 0 Å². The summed E-state index contributed by atoms with van der Waals surface area (Å²) in [6.45, 7) is 9.99. The van der Waals surface area contributed by atoms with Crippen LogP contribution in [0.4, 0.5) is 0 Å². The van der Waals surface area contributed by atoms with Gasteiger partial charge in [-0.1, -0.05) is 102 Å². The van der Waals surface area contributed by atoms with E-state index in [1.165, 1.54) is 19.8 Å². The molecule has 1 aliphatic rings. The van der Waals surface area contributed by atoms with Crippen molar-refractivity contribution in [2.45, 2.75) is 198 Å². The van der Waals surface area contributed by atoms with Crippen LogP contribution in [0.3, 0.4) is 0 Å². The van der Waals surface area contributed by atoms with E-state index in [1.54, 1.807) is 11.2 Å². The molecule has 1 heterocycles. The van der Waals surface area contributed by atoms with E-state index < -0.39 is 42.7 Å². The van der Waals surface area contributed by atoms with Crippen LogP contribution in [0.2, 0.25) is 0 Å². The van der Waals surface area contributed by atoms with Crippen molar-refractivity contribution in [2.24, 2.45) is 17.4 Å². The van der Waals surface area contributed by atoms with Gasteiger partial charge in [0.05, 0.1) is 18.6 Å². The fourth-order valence-electron chi connectivity index (χ4n) is 6.73. The molecule has 61 heavy (non-hydrogen) atoms. The number of nitrogens with zero attached hydrogens (tertiary/aromatic N) is 2. The minimum absolute atomic E-state index is 0. The molecule has 2 radical (unpaired) electrons. The van der Waals surface area contributed by atoms with Crippen LogP contribution in [0.5, 0.6) is 0 Å². The number of aliphatic hydroxyl groups is 1. The maximum atomic E-state index is 12.4. The molecule has 5 atom stereocenters. The van der Waals surface area contributed by atoms with Gasteiger partial charge < -0.3 is 42.5 Å². The van der Waals surface area contributed by atoms with Gasteiger partial charge in [0.15, 0.2) is 0 Å². The first kappa shape index (κ1) is 60.4. The number of carbonyl (C=O) groups is 6. The molecule has 1 aliphatic heterocycles. The Morgan fingerprint density at radius 1 is 0.803 bits per heavy atom. The van der Waals surface area contributed by atoms with Crippen LogP contribution < -0.4 is 27.8 Å². The minimum Gasteiger partial charge on any atom is -0.669 e. The summed E-state index contributed by atoms with van der Waals surface area (Å²) in [6.07, 6.45) is 23.3. The molecule has 1 saturated heterocycles. The Hall–Kier alpha value is -2.68. The Labute approximate surface area is 391 Å². The Bertz CT molecular complexity index is 1280. The van der Waals surface area contributed by atoms with Crippen LogP contribution in [0.15, 0.2) is 0 Å². The number of aliphatic hydroxyl groups excluding tert-OH is 1. The third-order valence-corrected chi connectivity index (χ3v) is 10.7. The second-order valence-corrected chi connectivity index (χ2v) is 16.1. The number of nitrogens with two attached hydrogens (primary N) is 2. The van der Waals surface area contributed by atoms with Crippen LogP contribution >= 0.6 is 0 Å². The summed E-state index contributed by atoms with van der Waals surface area (Å²) in [4.78, 5) is 85.4. The second kappa shape index (κ2) is 40.1. The zero-order valence-electron chi connectivity index (χ0n) is 37.0. The van der Waals surface area contributed by atoms with Crippen LogP contribution in [0.25, 0.3) is 10.6 Å². The van der Waals surface area contributed by atoms with E-state index in [0.29, 0.717) is 63.9 Å². The predicted molar refractivity (Wildman–Crippen MR) is 232 cm³/mol. The number of nitrogens with one attached hydrogen (secondary N) is 4. The predicted octanol–water partition coefficient (Wildman–Crippen LogP) is 5.19. The van der Waals surface area contributed by atoms with Gasteiger partial charge in [-0.3, -0.25) is 39.5 Å². The third-order valence-electron chi connectivity index (χ3n) is 10.7. The van der Waals surface area contributed by atoms with E-state index >= 15 is 0 Å². The van der Waals surface area contributed by atoms with Crippen molar-refractivity contribution in [1.82, 2.24) is 21.3 Å². The van der Waals surface area contributed by atoms with Gasteiger partial charge in [0, 0.05) is 90.9 Å². The number of hydrogen-bond donors (Lipinski definition) is 5. The van der Waals surface area contributed by atoms with Crippen LogP contribution in [-0.2, 0) is 66.3 Å². The van der Waals surface area contributed by atoms with Crippen molar-refractivity contribution in [2.75, 3.05) is 26.2 Å². The molecule has 0 aromatic heterocycles. The average Bonchev–Trinajstić information content (AvgIpc) is 3.71. The fourth-order valence-corrected chi connectivity index (χ4v) is 6.73. The van der Waals surface area contributed by atoms with Crippen LogP contribution in [0.1, 0.15) is 174 Å². The first-order valence-electron chi connectivity index (χ1n) is 22.5. The number of carbonyl (C=O) groups excluding carboxylic acids is 7. The maximum Gasteiger partial charge on any atom is 0.300 e. The molecule has 4 amide bonds. The van der Waals surface area contributed by atoms with Crippen molar-refractivity contribution in [3.8, 4) is 0 Å². The van der Waals surface area contributed by atoms with Crippen molar-refractivity contribution < 1.29 is 71.4 Å². The molecule has 0 spiro atoms. The molecule has 1 rings (SSSR count). The van der Waals surface area contributed by atoms with Crippen LogP contribution in [-0.4, -0.2) is 102 Å². The summed E-state index contributed by atoms with van der Waals surface area (Å²) in [6, 6.07) is -2.36. The Kier molecular flexibility index (Phi) is 39.7. The van der Waals surface area contributed by atoms with E-state index in [1.807, 2.05) is 0 Å². The van der Waals surface area contributed by atoms with Crippen molar-refractivity contribution >= 4 is 41.5 Å². The maximum absolute atomic E-state index is 12.4. The summed E-state index contributed by atoms with van der Waals surface area (Å²) in [5, 5.41) is 14.4. The van der Waals surface area contributed by atoms with Crippen molar-refractivity contribution in [1.29, 1.82) is 0 Å². The van der Waals surface area contributed by atoms with E-state index in [9.17, 15) is 33.6 Å². The zero-order chi connectivity index (χ0) is 45.0. The van der Waals surface area contributed by atoms with Gasteiger partial charge in [-0.25, -0.2) is 12.9 Å². The van der Waals surface area contributed by atoms with Gasteiger partial charge >= 0.3 is 6.17 Å². The smallest absolute Gasteiger partial charge is 0.300 e. The average molecular weight is 935 g/mol. The number of Topliss-reactive ketones (excluding diaryl/α,β-unsaturated/α-hetero) is 2. The second-order valence-electron chi connectivity index (χ2n) is 16.1. The number of rotatable bonds is 36. The summed E-state index contributed by atoms with van der Waals surface area (Å²) in [5.74, 6) is -1.76. The number of ketones is 2. The topological polar surface area (TPSA) is 271 Å². The van der Waals surface area contributed by atoms with Gasteiger partial charge in [0.1, 0.15) is 11.6 Å². The summed E-state index contributed by atoms with van der Waals surface area (Å²) >= 11 is 0. The quantitative estimate of drug-likeness (QED) is 0.0408. The normalized spacial score (nSPS) is 15.1. The van der Waals surface area contributed by atoms with E-state index in [-0.39, 0.29) is 69.1 Å². The Morgan fingerprint density at radius 2 is 1.28 bits per heavy atom. The van der Waals surface area contributed by atoms with E-state index in [4.69, 9.17) is 34.6 Å². The Balaban J connectivity index is 0. The van der Waals surface area contributed by atoms with E-state index in [0.717, 1.165) is 103 Å². The Morgan fingerprint density at radius 3 is 1.75 bits per heavy atom. The van der Waals surface area contributed by atoms with Crippen molar-refractivity contribution in [3.05, 3.63) is 17.2 Å². The molecule has 17 heteroatoms. The molecule has 346 valence electrons. The standard InChI is InChI=1S/C37H64N6O5.C7H13N2O3.Y/c1-40-34-23-19-29-43(34)37(48)33(39)25-26-36(47)42-27-17-12-8-4-6-10-14-22-32(45)21-13-9-5-2-3-7-11-15-24-35(46)41-28-18-16-20-31(38)30-44;1-4(8)6(11)2-5(3-10)7(9)12;/h31,33-34,38H,2-29,39H2,(H,41,46)(H,42,47);4-5,8,10H,2-3H2,1H3,(H2,9,12);/q2*-1;/t31-,33?,34-;4-,5+;/m01./s1. The molecule has 0 aliphatic carbocycles. The van der Waals surface area contributed by atoms with Crippen LogP contribution in [0, 0.1) is 12.5 Å². The van der Waals surface area contributed by atoms with E-state index in [2.05, 4.69) is 15.5 Å². The molecule has 9 N–H and O–H groups in total. The molecular formula is C44H77N8O8Y-2. The number of likely N-dealkylation sites (tertiary alicyclic amines) is 1. The number of amides is 4. The summed E-state index contributed by atoms with van der Waals surface area (Å²) < 4.78 is 0. The molecule has 16 nitrogen and oxygen atoms in total. The summed E-state index contributed by atoms with van der Waals surface area (Å²) in [7, 11) is 0. The number of unbranched alkanes of at least 4 members (excludes halogenated alkanes) is 14. The molecule has 0 saturated carbocycles.